The van der Waals surface area contributed by atoms with Crippen molar-refractivity contribution in [3.63, 3.8) is 0 Å². The minimum atomic E-state index is 0.516. The highest BCUT2D eigenvalue weighted by Crippen LogP contribution is 2.25. The largest absolute Gasteiger partial charge is 0.491 e. The third-order valence-electron chi connectivity index (χ3n) is 3.96. The SMILES string of the molecule is ICCOCCOCCOc1ccc2cc(OCCOCCOCCI)ccc2c1. The quantitative estimate of drug-likeness (QED) is 0.135. The second kappa shape index (κ2) is 17.2. The molecule has 168 valence electrons. The Morgan fingerprint density at radius 3 is 1.23 bits per heavy atom. The van der Waals surface area contributed by atoms with Gasteiger partial charge in [-0.05, 0) is 35.0 Å². The summed E-state index contributed by atoms with van der Waals surface area (Å²) in [6, 6.07) is 12.1. The predicted molar refractivity (Wildman–Crippen MR) is 136 cm³/mol. The van der Waals surface area contributed by atoms with Crippen LogP contribution in [0.2, 0.25) is 0 Å². The van der Waals surface area contributed by atoms with Crippen LogP contribution in [-0.2, 0) is 18.9 Å². The molecule has 30 heavy (non-hydrogen) atoms. The summed E-state index contributed by atoms with van der Waals surface area (Å²) in [7, 11) is 0. The lowest BCUT2D eigenvalue weighted by atomic mass is 10.1. The number of hydrogen-bond donors (Lipinski definition) is 0. The van der Waals surface area contributed by atoms with Crippen LogP contribution in [0.15, 0.2) is 36.4 Å². The highest BCUT2D eigenvalue weighted by atomic mass is 127. The molecule has 0 saturated heterocycles. The highest BCUT2D eigenvalue weighted by Gasteiger charge is 2.01. The normalized spacial score (nSPS) is 11.1. The van der Waals surface area contributed by atoms with Crippen molar-refractivity contribution in [3.05, 3.63) is 36.4 Å². The molecular formula is C22H30I2O6. The van der Waals surface area contributed by atoms with Gasteiger partial charge in [-0.1, -0.05) is 57.3 Å². The van der Waals surface area contributed by atoms with E-state index in [4.69, 9.17) is 28.4 Å². The van der Waals surface area contributed by atoms with Gasteiger partial charge in [0.2, 0.25) is 0 Å². The molecular weight excluding hydrogens is 614 g/mol. The van der Waals surface area contributed by atoms with Gasteiger partial charge in [0.1, 0.15) is 24.7 Å². The van der Waals surface area contributed by atoms with E-state index >= 15 is 0 Å². The molecule has 6 nitrogen and oxygen atoms in total. The van der Waals surface area contributed by atoms with E-state index in [9.17, 15) is 0 Å². The van der Waals surface area contributed by atoms with Crippen molar-refractivity contribution in [2.45, 2.75) is 0 Å². The summed E-state index contributed by atoms with van der Waals surface area (Å²) in [4.78, 5) is 0. The lowest BCUT2D eigenvalue weighted by Gasteiger charge is -2.10. The van der Waals surface area contributed by atoms with Gasteiger partial charge in [-0.25, -0.2) is 0 Å². The Morgan fingerprint density at radius 2 is 0.833 bits per heavy atom. The van der Waals surface area contributed by atoms with Crippen LogP contribution < -0.4 is 9.47 Å². The molecule has 0 heterocycles. The summed E-state index contributed by atoms with van der Waals surface area (Å²) >= 11 is 4.57. The zero-order chi connectivity index (χ0) is 21.3. The van der Waals surface area contributed by atoms with Gasteiger partial charge in [0.25, 0.3) is 0 Å². The van der Waals surface area contributed by atoms with Gasteiger partial charge in [-0.3, -0.25) is 0 Å². The summed E-state index contributed by atoms with van der Waals surface area (Å²) in [6.45, 7) is 6.11. The first-order valence-electron chi connectivity index (χ1n) is 10.1. The number of halogens is 2. The van der Waals surface area contributed by atoms with E-state index in [1.807, 2.05) is 36.4 Å². The van der Waals surface area contributed by atoms with Crippen molar-refractivity contribution in [1.82, 2.24) is 0 Å². The van der Waals surface area contributed by atoms with Gasteiger partial charge < -0.3 is 28.4 Å². The van der Waals surface area contributed by atoms with Gasteiger partial charge in [0.05, 0.1) is 52.9 Å². The molecule has 2 aromatic rings. The predicted octanol–water partition coefficient (Wildman–Crippen LogP) is 4.53. The molecule has 0 spiro atoms. The van der Waals surface area contributed by atoms with E-state index in [0.717, 1.165) is 44.3 Å². The molecule has 0 bridgehead atoms. The van der Waals surface area contributed by atoms with E-state index in [0.29, 0.717) is 52.9 Å². The molecule has 0 atom stereocenters. The van der Waals surface area contributed by atoms with Gasteiger partial charge >= 0.3 is 0 Å². The van der Waals surface area contributed by atoms with Crippen LogP contribution in [0.1, 0.15) is 0 Å². The molecule has 0 aliphatic heterocycles. The summed E-state index contributed by atoms with van der Waals surface area (Å²) in [5.41, 5.74) is 0. The van der Waals surface area contributed by atoms with Crippen LogP contribution in [0.3, 0.4) is 0 Å². The standard InChI is InChI=1S/C22H30I2O6/c23-5-7-25-9-11-27-13-15-29-21-3-1-19-17-22(4-2-20(19)18-21)30-16-14-28-12-10-26-8-6-24/h1-4,17-18H,5-16H2. The highest BCUT2D eigenvalue weighted by molar-refractivity contribution is 14.1. The second-order valence-corrected chi connectivity index (χ2v) is 8.35. The number of benzene rings is 2. The Labute approximate surface area is 206 Å². The smallest absolute Gasteiger partial charge is 0.120 e. The summed E-state index contributed by atoms with van der Waals surface area (Å²) in [6.07, 6.45) is 0. The molecule has 0 aliphatic rings. The van der Waals surface area contributed by atoms with Gasteiger partial charge in [-0.15, -0.1) is 0 Å². The number of alkyl halides is 2. The van der Waals surface area contributed by atoms with Gasteiger partial charge in [0.15, 0.2) is 0 Å². The minimum absolute atomic E-state index is 0.516. The van der Waals surface area contributed by atoms with Crippen molar-refractivity contribution >= 4 is 56.0 Å². The number of rotatable bonds is 18. The molecule has 0 unspecified atom stereocenters. The Kier molecular flexibility index (Phi) is 14.8. The fourth-order valence-corrected chi connectivity index (χ4v) is 3.19. The van der Waals surface area contributed by atoms with E-state index < -0.39 is 0 Å². The molecule has 0 amide bonds. The number of fused-ring (bicyclic) bond motifs is 1. The van der Waals surface area contributed by atoms with E-state index in [-0.39, 0.29) is 0 Å². The van der Waals surface area contributed by atoms with Crippen LogP contribution in [0.4, 0.5) is 0 Å². The van der Waals surface area contributed by atoms with Crippen LogP contribution in [-0.4, -0.2) is 74.9 Å². The van der Waals surface area contributed by atoms with Crippen LogP contribution >= 0.6 is 45.2 Å². The summed E-state index contributed by atoms with van der Waals surface area (Å²) in [5, 5.41) is 2.22. The maximum absolute atomic E-state index is 5.77. The Morgan fingerprint density at radius 1 is 0.467 bits per heavy atom. The molecule has 2 rings (SSSR count). The van der Waals surface area contributed by atoms with E-state index in [1.165, 1.54) is 0 Å². The molecule has 0 radical (unpaired) electrons. The zero-order valence-electron chi connectivity index (χ0n) is 17.2. The number of ether oxygens (including phenoxy) is 6. The Balaban J connectivity index is 1.64. The van der Waals surface area contributed by atoms with Crippen LogP contribution in [0.5, 0.6) is 11.5 Å². The first kappa shape index (κ1) is 25.9. The van der Waals surface area contributed by atoms with Gasteiger partial charge in [-0.2, -0.15) is 0 Å². The number of hydrogen-bond acceptors (Lipinski definition) is 6. The van der Waals surface area contributed by atoms with E-state index in [1.54, 1.807) is 0 Å². The summed E-state index contributed by atoms with van der Waals surface area (Å²) < 4.78 is 35.3. The second-order valence-electron chi connectivity index (χ2n) is 6.20. The summed E-state index contributed by atoms with van der Waals surface area (Å²) in [5.74, 6) is 1.67. The molecule has 0 aromatic heterocycles. The topological polar surface area (TPSA) is 55.4 Å². The lowest BCUT2D eigenvalue weighted by Crippen LogP contribution is -2.11. The van der Waals surface area contributed by atoms with Crippen LogP contribution in [0, 0.1) is 0 Å². The molecule has 0 saturated carbocycles. The van der Waals surface area contributed by atoms with Crippen molar-refractivity contribution in [2.24, 2.45) is 0 Å². The first-order valence-corrected chi connectivity index (χ1v) is 13.1. The molecule has 2 aromatic carbocycles. The first-order chi connectivity index (χ1) is 14.8. The average Bonchev–Trinajstić information content (AvgIpc) is 2.77. The van der Waals surface area contributed by atoms with Gasteiger partial charge in [0, 0.05) is 8.86 Å². The monoisotopic (exact) mass is 644 g/mol. The molecule has 0 fully saturated rings. The van der Waals surface area contributed by atoms with Crippen LogP contribution in [0.25, 0.3) is 10.8 Å². The zero-order valence-corrected chi connectivity index (χ0v) is 21.5. The fraction of sp³-hybridized carbons (Fsp3) is 0.545. The Bertz CT molecular complexity index is 641. The molecule has 0 aliphatic carbocycles. The van der Waals surface area contributed by atoms with E-state index in [2.05, 4.69) is 45.2 Å². The van der Waals surface area contributed by atoms with Crippen molar-refractivity contribution in [3.8, 4) is 11.5 Å². The maximum atomic E-state index is 5.77. The third-order valence-corrected chi connectivity index (χ3v) is 4.84. The minimum Gasteiger partial charge on any atom is -0.491 e. The van der Waals surface area contributed by atoms with Crippen molar-refractivity contribution in [2.75, 3.05) is 74.9 Å². The van der Waals surface area contributed by atoms with Crippen molar-refractivity contribution in [1.29, 1.82) is 0 Å². The van der Waals surface area contributed by atoms with Crippen molar-refractivity contribution < 1.29 is 28.4 Å². The third kappa shape index (κ3) is 11.3. The molecule has 0 N–H and O–H groups in total. The lowest BCUT2D eigenvalue weighted by molar-refractivity contribution is 0.0417. The Hall–Kier alpha value is -0.400. The fourth-order valence-electron chi connectivity index (χ4n) is 2.57. The average molecular weight is 644 g/mol. The maximum Gasteiger partial charge on any atom is 0.120 e. The molecule has 8 heteroatoms.